The van der Waals surface area contributed by atoms with Crippen LogP contribution in [0.2, 0.25) is 5.02 Å². The molecule has 4 heterocycles. The van der Waals surface area contributed by atoms with Gasteiger partial charge in [-0.2, -0.15) is 9.29 Å². The normalized spacial score (nSPS) is 21.1. The smallest absolute Gasteiger partial charge is 0.348 e. The molecule has 2 aromatic carbocycles. The third-order valence-electron chi connectivity index (χ3n) is 7.72. The quantitative estimate of drug-likeness (QED) is 0.421. The van der Waals surface area contributed by atoms with Crippen molar-refractivity contribution < 1.29 is 22.0 Å². The lowest BCUT2D eigenvalue weighted by molar-refractivity contribution is -0.128. The summed E-state index contributed by atoms with van der Waals surface area (Å²) in [5, 5.41) is 0.759. The summed E-state index contributed by atoms with van der Waals surface area (Å²) in [7, 11) is -3.56. The van der Waals surface area contributed by atoms with Crippen LogP contribution in [0, 0.1) is 11.6 Å². The molecule has 0 spiro atoms. The first-order valence-corrected chi connectivity index (χ1v) is 15.7. The monoisotopic (exact) mass is 607 g/mol. The number of anilines is 1. The van der Waals surface area contributed by atoms with Crippen molar-refractivity contribution in [3.63, 3.8) is 0 Å². The summed E-state index contributed by atoms with van der Waals surface area (Å²) in [6.07, 6.45) is 2.32. The minimum Gasteiger partial charge on any atom is -0.348 e. The van der Waals surface area contributed by atoms with Crippen LogP contribution in [0.3, 0.4) is 0 Å². The van der Waals surface area contributed by atoms with Crippen LogP contribution in [0.1, 0.15) is 0 Å². The molecule has 0 aliphatic carbocycles. The zero-order valence-electron chi connectivity index (χ0n) is 21.3. The van der Waals surface area contributed by atoms with E-state index in [2.05, 4.69) is 11.6 Å². The van der Waals surface area contributed by atoms with E-state index in [4.69, 9.17) is 11.6 Å². The van der Waals surface area contributed by atoms with E-state index >= 15 is 0 Å². The number of benzene rings is 2. The standard InChI is InChI=1S/C26H24ClF2N5O4S2/c1-3-21(35)32-6-7-33(20-13-31(12-19(20)32)40(2,37)38)25-16-11-17(27)22(15-5-4-14(28)10-18(15)29)24-23(16)34(8-9-39-24)26(36)30-25/h3-5,10-11,19-20H,1,6-9,12-13H2,2H3/t19-,20+/m1/s1. The Morgan fingerprint density at radius 2 is 1.93 bits per heavy atom. The second kappa shape index (κ2) is 9.82. The second-order valence-electron chi connectivity index (χ2n) is 9.94. The summed E-state index contributed by atoms with van der Waals surface area (Å²) in [6, 6.07) is 3.93. The Morgan fingerprint density at radius 1 is 1.18 bits per heavy atom. The zero-order chi connectivity index (χ0) is 28.5. The maximum atomic E-state index is 14.9. The average molecular weight is 608 g/mol. The van der Waals surface area contributed by atoms with Crippen LogP contribution in [-0.4, -0.2) is 83.4 Å². The van der Waals surface area contributed by atoms with Gasteiger partial charge in [-0.15, -0.1) is 11.8 Å². The van der Waals surface area contributed by atoms with Crippen LogP contribution in [0.4, 0.5) is 14.6 Å². The molecule has 6 rings (SSSR count). The number of piperazine rings is 1. The van der Waals surface area contributed by atoms with Gasteiger partial charge in [0, 0.05) is 66.0 Å². The molecule has 0 unspecified atom stereocenters. The van der Waals surface area contributed by atoms with E-state index in [1.165, 1.54) is 32.8 Å². The van der Waals surface area contributed by atoms with E-state index in [-0.39, 0.29) is 36.1 Å². The topological polar surface area (TPSA) is 95.8 Å². The lowest BCUT2D eigenvalue weighted by Crippen LogP contribution is -2.61. The Hall–Kier alpha value is -3.00. The van der Waals surface area contributed by atoms with Gasteiger partial charge in [0.25, 0.3) is 0 Å². The van der Waals surface area contributed by atoms with Crippen LogP contribution in [0.25, 0.3) is 22.0 Å². The fourth-order valence-electron chi connectivity index (χ4n) is 5.93. The molecule has 1 aromatic heterocycles. The fourth-order valence-corrected chi connectivity index (χ4v) is 8.34. The molecule has 40 heavy (non-hydrogen) atoms. The molecule has 0 bridgehead atoms. The number of carbonyl (C=O) groups excluding carboxylic acids is 1. The minimum atomic E-state index is -3.56. The van der Waals surface area contributed by atoms with Gasteiger partial charge < -0.3 is 9.80 Å². The molecule has 14 heteroatoms. The molecular weight excluding hydrogens is 584 g/mol. The number of amides is 1. The third kappa shape index (κ3) is 4.30. The van der Waals surface area contributed by atoms with Crippen LogP contribution >= 0.6 is 23.4 Å². The van der Waals surface area contributed by atoms with Gasteiger partial charge >= 0.3 is 5.69 Å². The summed E-state index contributed by atoms with van der Waals surface area (Å²) in [6.45, 7) is 4.72. The number of hydrogen-bond acceptors (Lipinski definition) is 7. The number of thioether (sulfide) groups is 1. The summed E-state index contributed by atoms with van der Waals surface area (Å²) in [5.41, 5.74) is 0.515. The average Bonchev–Trinajstić information content (AvgIpc) is 3.37. The number of halogens is 3. The van der Waals surface area contributed by atoms with Crippen molar-refractivity contribution >= 4 is 56.0 Å². The minimum absolute atomic E-state index is 0.102. The highest BCUT2D eigenvalue weighted by Crippen LogP contribution is 2.46. The maximum absolute atomic E-state index is 14.9. The van der Waals surface area contributed by atoms with Crippen LogP contribution in [-0.2, 0) is 21.4 Å². The van der Waals surface area contributed by atoms with Gasteiger partial charge in [-0.3, -0.25) is 9.36 Å². The van der Waals surface area contributed by atoms with E-state index in [0.29, 0.717) is 46.0 Å². The maximum Gasteiger partial charge on any atom is 0.350 e. The fraction of sp³-hybridized carbons (Fsp3) is 0.346. The van der Waals surface area contributed by atoms with Crippen LogP contribution in [0.15, 0.2) is 46.6 Å². The van der Waals surface area contributed by atoms with Crippen molar-refractivity contribution in [1.29, 1.82) is 0 Å². The number of rotatable bonds is 4. The highest BCUT2D eigenvalue weighted by molar-refractivity contribution is 7.99. The SMILES string of the molecule is C=CC(=O)N1CCN(c2nc(=O)n3c4c(c(-c5ccc(F)cc5F)c(Cl)cc24)SCC3)[C@H]2CN(S(C)(=O)=O)C[C@H]21. The third-order valence-corrected chi connectivity index (χ3v) is 10.3. The van der Waals surface area contributed by atoms with Crippen molar-refractivity contribution in [2.75, 3.05) is 43.1 Å². The summed E-state index contributed by atoms with van der Waals surface area (Å²) in [4.78, 5) is 34.5. The molecule has 2 fully saturated rings. The first-order valence-electron chi connectivity index (χ1n) is 12.5. The molecule has 0 N–H and O–H groups in total. The van der Waals surface area contributed by atoms with E-state index < -0.39 is 39.4 Å². The van der Waals surface area contributed by atoms with Crippen molar-refractivity contribution in [2.45, 2.75) is 23.5 Å². The van der Waals surface area contributed by atoms with Crippen LogP contribution in [0.5, 0.6) is 0 Å². The zero-order valence-corrected chi connectivity index (χ0v) is 23.7. The molecule has 210 valence electrons. The number of aromatic nitrogens is 2. The Labute approximate surface area is 238 Å². The first kappa shape index (κ1) is 27.2. The number of aryl methyl sites for hydroxylation is 1. The Bertz CT molecular complexity index is 1770. The predicted molar refractivity (Wildman–Crippen MR) is 150 cm³/mol. The van der Waals surface area contributed by atoms with E-state index in [1.807, 2.05) is 4.90 Å². The van der Waals surface area contributed by atoms with Crippen molar-refractivity contribution in [3.8, 4) is 11.1 Å². The van der Waals surface area contributed by atoms with E-state index in [0.717, 1.165) is 18.4 Å². The highest BCUT2D eigenvalue weighted by atomic mass is 35.5. The molecule has 1 amide bonds. The van der Waals surface area contributed by atoms with E-state index in [9.17, 15) is 26.8 Å². The lowest BCUT2D eigenvalue weighted by Gasteiger charge is -2.44. The van der Waals surface area contributed by atoms with Crippen molar-refractivity contribution in [3.05, 3.63) is 64.1 Å². The Balaban J connectivity index is 1.55. The van der Waals surface area contributed by atoms with Gasteiger partial charge in [0.05, 0.1) is 28.9 Å². The summed E-state index contributed by atoms with van der Waals surface area (Å²) < 4.78 is 56.4. The van der Waals surface area contributed by atoms with E-state index in [1.54, 1.807) is 11.0 Å². The lowest BCUT2D eigenvalue weighted by atomic mass is 10.0. The van der Waals surface area contributed by atoms with Crippen molar-refractivity contribution in [2.24, 2.45) is 0 Å². The van der Waals surface area contributed by atoms with Gasteiger partial charge in [-0.05, 0) is 24.3 Å². The van der Waals surface area contributed by atoms with Gasteiger partial charge in [0.2, 0.25) is 15.9 Å². The summed E-state index contributed by atoms with van der Waals surface area (Å²) >= 11 is 8.20. The molecule has 2 atom stereocenters. The predicted octanol–water partition coefficient (Wildman–Crippen LogP) is 2.95. The molecule has 9 nitrogen and oxygen atoms in total. The number of nitrogens with zero attached hydrogens (tertiary/aromatic N) is 5. The van der Waals surface area contributed by atoms with Gasteiger partial charge in [0.15, 0.2) is 0 Å². The molecule has 3 aliphatic rings. The highest BCUT2D eigenvalue weighted by Gasteiger charge is 2.47. The Morgan fingerprint density at radius 3 is 2.62 bits per heavy atom. The Kier molecular flexibility index (Phi) is 6.68. The van der Waals surface area contributed by atoms with Crippen molar-refractivity contribution in [1.82, 2.24) is 18.8 Å². The molecule has 3 aromatic rings. The number of carbonyl (C=O) groups is 1. The second-order valence-corrected chi connectivity index (χ2v) is 13.4. The molecule has 0 radical (unpaired) electrons. The first-order chi connectivity index (χ1) is 19.0. The van der Waals surface area contributed by atoms with Gasteiger partial charge in [-0.1, -0.05) is 18.2 Å². The van der Waals surface area contributed by atoms with Gasteiger partial charge in [-0.25, -0.2) is 22.0 Å². The molecular formula is C26H24ClF2N5O4S2. The molecule has 2 saturated heterocycles. The largest absolute Gasteiger partial charge is 0.350 e. The number of sulfonamides is 1. The molecule has 0 saturated carbocycles. The van der Waals surface area contributed by atoms with Gasteiger partial charge in [0.1, 0.15) is 17.5 Å². The summed E-state index contributed by atoms with van der Waals surface area (Å²) in [5.74, 6) is -0.949. The number of hydrogen-bond donors (Lipinski definition) is 0. The molecule has 3 aliphatic heterocycles. The van der Waals surface area contributed by atoms with Crippen LogP contribution < -0.4 is 10.6 Å². The number of fused-ring (bicyclic) bond motifs is 1.